The van der Waals surface area contributed by atoms with Gasteiger partial charge in [0.15, 0.2) is 5.58 Å². The van der Waals surface area contributed by atoms with Crippen LogP contribution in [0.5, 0.6) is 0 Å². The minimum Gasteiger partial charge on any atom is -0.436 e. The second kappa shape index (κ2) is 32.0. The molecular formula is C43H62N6O14. The molecule has 348 valence electrons. The van der Waals surface area contributed by atoms with Crippen molar-refractivity contribution in [3.63, 3.8) is 0 Å². The molecule has 0 aliphatic heterocycles. The van der Waals surface area contributed by atoms with E-state index in [1.165, 1.54) is 0 Å². The number of hydrogen-bond donors (Lipinski definition) is 1. The first-order valence-corrected chi connectivity index (χ1v) is 21.3. The summed E-state index contributed by atoms with van der Waals surface area (Å²) in [6.45, 7) is 15.3. The van der Waals surface area contributed by atoms with Gasteiger partial charge in [-0.05, 0) is 55.8 Å². The molecule has 0 aliphatic rings. The number of oxazole rings is 1. The van der Waals surface area contributed by atoms with E-state index in [2.05, 4.69) is 39.1 Å². The highest BCUT2D eigenvalue weighted by molar-refractivity contribution is 5.97. The Morgan fingerprint density at radius 2 is 1.13 bits per heavy atom. The van der Waals surface area contributed by atoms with Crippen LogP contribution < -0.4 is 15.8 Å². The first kappa shape index (κ1) is 50.9. The molecule has 2 heterocycles. The van der Waals surface area contributed by atoms with Gasteiger partial charge in [0, 0.05) is 53.8 Å². The number of nitrogens with one attached hydrogen (secondary N) is 1. The Bertz CT molecular complexity index is 1970. The number of anilines is 1. The zero-order valence-electron chi connectivity index (χ0n) is 36.5. The summed E-state index contributed by atoms with van der Waals surface area (Å²) in [4.78, 5) is 35.0. The summed E-state index contributed by atoms with van der Waals surface area (Å²) in [5.41, 5.74) is 10.6. The number of rotatable bonds is 38. The molecule has 1 N–H and O–H groups in total. The molecule has 63 heavy (non-hydrogen) atoms. The monoisotopic (exact) mass is 886 g/mol. The largest absolute Gasteiger partial charge is 0.436 e. The van der Waals surface area contributed by atoms with Crippen LogP contribution in [0.25, 0.3) is 44.0 Å². The highest BCUT2D eigenvalue weighted by Gasteiger charge is 2.17. The molecule has 20 heteroatoms. The smallest absolute Gasteiger partial charge is 0.349 e. The maximum atomic E-state index is 12.9. The number of hydrogen-bond acceptors (Lipinski definition) is 17. The van der Waals surface area contributed by atoms with Crippen LogP contribution >= 0.6 is 0 Å². The molecule has 2 aromatic carbocycles. The fourth-order valence-electron chi connectivity index (χ4n) is 5.79. The minimum absolute atomic E-state index is 0.123. The summed E-state index contributed by atoms with van der Waals surface area (Å²) < 4.78 is 66.1. The van der Waals surface area contributed by atoms with Crippen LogP contribution in [0, 0.1) is 0 Å². The van der Waals surface area contributed by atoms with E-state index < -0.39 is 5.63 Å². The van der Waals surface area contributed by atoms with E-state index >= 15 is 0 Å². The van der Waals surface area contributed by atoms with Crippen molar-refractivity contribution in [1.82, 2.24) is 10.3 Å². The highest BCUT2D eigenvalue weighted by atomic mass is 16.6. The van der Waals surface area contributed by atoms with Gasteiger partial charge in [-0.3, -0.25) is 4.79 Å². The number of fused-ring (bicyclic) bond motifs is 2. The molecule has 4 aromatic rings. The van der Waals surface area contributed by atoms with Crippen LogP contribution in [0.4, 0.5) is 5.69 Å². The standard InChI is InChI=1S/C43H62N6O14/c1-3-49(4-2)36-7-5-34-31-37(43(51)63-40(34)33-36)42-47-38-32-35(6-8-39(38)62-42)41(50)45-9-11-52-13-15-54-17-19-56-21-23-58-25-27-60-29-30-61-28-26-59-24-22-57-20-18-55-16-14-53-12-10-46-48-44/h5-8,31-33H,3-4,9-30H2,1-2H3,(H,45,50). The third-order valence-electron chi connectivity index (χ3n) is 9.01. The third kappa shape index (κ3) is 20.1. The third-order valence-corrected chi connectivity index (χ3v) is 9.01. The molecule has 0 spiro atoms. The summed E-state index contributed by atoms with van der Waals surface area (Å²) in [7, 11) is 0. The van der Waals surface area contributed by atoms with Crippen molar-refractivity contribution in [2.75, 3.05) is 163 Å². The lowest BCUT2D eigenvalue weighted by atomic mass is 10.1. The molecule has 4 rings (SSSR count). The van der Waals surface area contributed by atoms with Crippen LogP contribution in [-0.2, 0) is 47.4 Å². The van der Waals surface area contributed by atoms with E-state index in [9.17, 15) is 9.59 Å². The molecule has 0 saturated carbocycles. The van der Waals surface area contributed by atoms with Crippen LogP contribution in [0.3, 0.4) is 0 Å². The van der Waals surface area contributed by atoms with E-state index in [1.54, 1.807) is 24.3 Å². The fourth-order valence-corrected chi connectivity index (χ4v) is 5.79. The number of nitrogens with zero attached hydrogens (tertiary/aromatic N) is 5. The van der Waals surface area contributed by atoms with Gasteiger partial charge in [-0.1, -0.05) is 5.11 Å². The van der Waals surface area contributed by atoms with Crippen molar-refractivity contribution in [3.05, 3.63) is 68.9 Å². The summed E-state index contributed by atoms with van der Waals surface area (Å²) in [6, 6.07) is 12.4. The van der Waals surface area contributed by atoms with Gasteiger partial charge in [0.1, 0.15) is 16.7 Å². The predicted molar refractivity (Wildman–Crippen MR) is 234 cm³/mol. The topological polar surface area (TPSA) is 230 Å². The number of ether oxygens (including phenoxy) is 10. The molecule has 0 atom stereocenters. The lowest BCUT2D eigenvalue weighted by Crippen LogP contribution is -2.27. The average Bonchev–Trinajstić information content (AvgIpc) is 3.72. The lowest BCUT2D eigenvalue weighted by molar-refractivity contribution is -0.0262. The molecule has 2 aromatic heterocycles. The quantitative estimate of drug-likeness (QED) is 0.0212. The Kier molecular flexibility index (Phi) is 25.9. The Hall–Kier alpha value is -4.70. The lowest BCUT2D eigenvalue weighted by Gasteiger charge is -2.20. The van der Waals surface area contributed by atoms with Gasteiger partial charge in [0.2, 0.25) is 5.89 Å². The Labute approximate surface area is 366 Å². The van der Waals surface area contributed by atoms with Crippen molar-refractivity contribution in [1.29, 1.82) is 0 Å². The highest BCUT2D eigenvalue weighted by Crippen LogP contribution is 2.27. The Balaban J connectivity index is 0.900. The molecule has 0 bridgehead atoms. The van der Waals surface area contributed by atoms with Crippen molar-refractivity contribution in [2.45, 2.75) is 13.8 Å². The number of carbonyl (C=O) groups is 1. The number of benzene rings is 2. The van der Waals surface area contributed by atoms with Crippen LogP contribution in [0.15, 0.2) is 61.2 Å². The average molecular weight is 887 g/mol. The number of azide groups is 1. The van der Waals surface area contributed by atoms with E-state index in [-0.39, 0.29) is 17.4 Å². The van der Waals surface area contributed by atoms with Gasteiger partial charge in [-0.2, -0.15) is 0 Å². The number of aromatic nitrogens is 1. The zero-order valence-corrected chi connectivity index (χ0v) is 36.5. The minimum atomic E-state index is -0.555. The first-order valence-electron chi connectivity index (χ1n) is 21.3. The molecule has 0 unspecified atom stereocenters. The van der Waals surface area contributed by atoms with E-state index in [4.69, 9.17) is 61.7 Å². The molecule has 0 saturated heterocycles. The summed E-state index contributed by atoms with van der Waals surface area (Å²) in [5, 5.41) is 6.96. The first-order chi connectivity index (χ1) is 31.0. The van der Waals surface area contributed by atoms with Crippen molar-refractivity contribution < 1.29 is 61.0 Å². The van der Waals surface area contributed by atoms with Crippen LogP contribution in [-0.4, -0.2) is 169 Å². The molecule has 0 fully saturated rings. The summed E-state index contributed by atoms with van der Waals surface area (Å²) >= 11 is 0. The van der Waals surface area contributed by atoms with Gasteiger partial charge in [0.25, 0.3) is 5.91 Å². The van der Waals surface area contributed by atoms with Gasteiger partial charge in [0.05, 0.1) is 132 Å². The van der Waals surface area contributed by atoms with Gasteiger partial charge < -0.3 is 66.4 Å². The second-order valence-electron chi connectivity index (χ2n) is 13.4. The number of amides is 1. The van der Waals surface area contributed by atoms with Crippen molar-refractivity contribution >= 4 is 33.7 Å². The van der Waals surface area contributed by atoms with Gasteiger partial charge in [-0.25, -0.2) is 9.78 Å². The molecule has 0 aliphatic carbocycles. The SMILES string of the molecule is CCN(CC)c1ccc2cc(-c3nc4cc(C(=O)NCCOCCOCCOCCOCCOCCOCCOCCOCCOCCOCCN=[N+]=[N-])ccc4o3)c(=O)oc2c1. The second-order valence-corrected chi connectivity index (χ2v) is 13.4. The van der Waals surface area contributed by atoms with E-state index in [0.29, 0.717) is 167 Å². The maximum absolute atomic E-state index is 12.9. The molecular weight excluding hydrogens is 825 g/mol. The van der Waals surface area contributed by atoms with Gasteiger partial charge in [-0.15, -0.1) is 0 Å². The molecule has 1 amide bonds. The fraction of sp³-hybridized carbons (Fsp3) is 0.605. The Morgan fingerprint density at radius 3 is 1.62 bits per heavy atom. The predicted octanol–water partition coefficient (Wildman–Crippen LogP) is 4.65. The van der Waals surface area contributed by atoms with Crippen LogP contribution in [0.1, 0.15) is 24.2 Å². The molecule has 0 radical (unpaired) electrons. The van der Waals surface area contributed by atoms with Gasteiger partial charge >= 0.3 is 5.63 Å². The molecule has 20 nitrogen and oxygen atoms in total. The van der Waals surface area contributed by atoms with E-state index in [0.717, 1.165) is 24.2 Å². The summed E-state index contributed by atoms with van der Waals surface area (Å²) in [5.74, 6) is -0.162. The normalized spacial score (nSPS) is 11.4. The summed E-state index contributed by atoms with van der Waals surface area (Å²) in [6.07, 6.45) is 0. The van der Waals surface area contributed by atoms with Crippen LogP contribution in [0.2, 0.25) is 0 Å². The number of carbonyl (C=O) groups excluding carboxylic acids is 1. The Morgan fingerprint density at radius 1 is 0.635 bits per heavy atom. The zero-order chi connectivity index (χ0) is 44.6. The van der Waals surface area contributed by atoms with E-state index in [1.807, 2.05) is 18.2 Å². The maximum Gasteiger partial charge on any atom is 0.349 e. The van der Waals surface area contributed by atoms with Crippen molar-refractivity contribution in [3.8, 4) is 11.5 Å². The van der Waals surface area contributed by atoms with Crippen molar-refractivity contribution in [2.24, 2.45) is 5.11 Å².